The van der Waals surface area contributed by atoms with E-state index in [1.165, 1.54) is 45.1 Å². The summed E-state index contributed by atoms with van der Waals surface area (Å²) in [6.45, 7) is 8.52. The monoisotopic (exact) mass is 242 g/mol. The standard InChI is InChI=1S/C14H30N2O/c1-3-13(4-2)16(11-9-15)10-5-7-14-8-6-12-17-14/h13-14H,3-12,15H2,1-2H3. The van der Waals surface area contributed by atoms with Gasteiger partial charge in [-0.2, -0.15) is 0 Å². The molecule has 0 aromatic carbocycles. The predicted molar refractivity (Wildman–Crippen MR) is 73.2 cm³/mol. The van der Waals surface area contributed by atoms with Crippen molar-refractivity contribution in [1.29, 1.82) is 0 Å². The van der Waals surface area contributed by atoms with Crippen LogP contribution in [0.2, 0.25) is 0 Å². The Morgan fingerprint density at radius 3 is 2.59 bits per heavy atom. The van der Waals surface area contributed by atoms with Gasteiger partial charge in [0.1, 0.15) is 0 Å². The molecule has 3 heteroatoms. The summed E-state index contributed by atoms with van der Waals surface area (Å²) in [5, 5.41) is 0. The van der Waals surface area contributed by atoms with Crippen molar-refractivity contribution in [3.05, 3.63) is 0 Å². The molecule has 1 unspecified atom stereocenters. The van der Waals surface area contributed by atoms with Crippen molar-refractivity contribution < 1.29 is 4.74 Å². The molecule has 1 aliphatic heterocycles. The number of hydrogen-bond acceptors (Lipinski definition) is 3. The Bertz CT molecular complexity index is 177. The number of rotatable bonds is 9. The number of hydrogen-bond donors (Lipinski definition) is 1. The zero-order chi connectivity index (χ0) is 12.5. The van der Waals surface area contributed by atoms with E-state index in [1.54, 1.807) is 0 Å². The summed E-state index contributed by atoms with van der Waals surface area (Å²) in [7, 11) is 0. The van der Waals surface area contributed by atoms with Crippen molar-refractivity contribution in [1.82, 2.24) is 4.90 Å². The van der Waals surface area contributed by atoms with Crippen LogP contribution in [0.1, 0.15) is 52.4 Å². The molecule has 1 rings (SSSR count). The number of ether oxygens (including phenoxy) is 1. The highest BCUT2D eigenvalue weighted by Gasteiger charge is 2.17. The highest BCUT2D eigenvalue weighted by Crippen LogP contribution is 2.18. The molecule has 0 aromatic heterocycles. The summed E-state index contributed by atoms with van der Waals surface area (Å²) in [4.78, 5) is 2.56. The smallest absolute Gasteiger partial charge is 0.0576 e. The van der Waals surface area contributed by atoms with Gasteiger partial charge in [-0.15, -0.1) is 0 Å². The fourth-order valence-electron chi connectivity index (χ4n) is 2.84. The lowest BCUT2D eigenvalue weighted by Gasteiger charge is -2.30. The maximum Gasteiger partial charge on any atom is 0.0576 e. The first-order chi connectivity index (χ1) is 8.31. The van der Waals surface area contributed by atoms with Gasteiger partial charge < -0.3 is 10.5 Å². The van der Waals surface area contributed by atoms with Crippen LogP contribution >= 0.6 is 0 Å². The first-order valence-electron chi connectivity index (χ1n) is 7.37. The zero-order valence-corrected chi connectivity index (χ0v) is 11.7. The molecule has 102 valence electrons. The predicted octanol–water partition coefficient (Wildman–Crippen LogP) is 2.39. The van der Waals surface area contributed by atoms with E-state index in [2.05, 4.69) is 18.7 Å². The largest absolute Gasteiger partial charge is 0.378 e. The molecule has 3 nitrogen and oxygen atoms in total. The van der Waals surface area contributed by atoms with Crippen molar-refractivity contribution in [3.8, 4) is 0 Å². The molecule has 0 saturated carbocycles. The zero-order valence-electron chi connectivity index (χ0n) is 11.7. The average molecular weight is 242 g/mol. The van der Waals surface area contributed by atoms with E-state index < -0.39 is 0 Å². The lowest BCUT2D eigenvalue weighted by Crippen LogP contribution is -2.39. The molecule has 0 aromatic rings. The Balaban J connectivity index is 2.22. The molecule has 0 amide bonds. The molecule has 0 bridgehead atoms. The molecular formula is C14H30N2O. The van der Waals surface area contributed by atoms with E-state index in [1.807, 2.05) is 0 Å². The van der Waals surface area contributed by atoms with Crippen molar-refractivity contribution >= 4 is 0 Å². The minimum atomic E-state index is 0.538. The maximum atomic E-state index is 5.70. The van der Waals surface area contributed by atoms with Gasteiger partial charge in [-0.3, -0.25) is 4.90 Å². The van der Waals surface area contributed by atoms with E-state index in [0.29, 0.717) is 12.1 Å². The summed E-state index contributed by atoms with van der Waals surface area (Å²) in [5.74, 6) is 0. The Morgan fingerprint density at radius 1 is 1.29 bits per heavy atom. The Kier molecular flexibility index (Phi) is 7.82. The third kappa shape index (κ3) is 5.36. The fraction of sp³-hybridized carbons (Fsp3) is 1.00. The first kappa shape index (κ1) is 14.9. The van der Waals surface area contributed by atoms with Gasteiger partial charge in [-0.05, 0) is 45.1 Å². The van der Waals surface area contributed by atoms with E-state index in [4.69, 9.17) is 10.5 Å². The topological polar surface area (TPSA) is 38.5 Å². The second-order valence-electron chi connectivity index (χ2n) is 5.07. The summed E-state index contributed by atoms with van der Waals surface area (Å²) in [6.07, 6.45) is 8.00. The normalized spacial score (nSPS) is 20.6. The summed E-state index contributed by atoms with van der Waals surface area (Å²) >= 11 is 0. The molecule has 2 N–H and O–H groups in total. The minimum Gasteiger partial charge on any atom is -0.378 e. The molecule has 1 atom stereocenters. The summed E-state index contributed by atoms with van der Waals surface area (Å²) < 4.78 is 5.66. The SMILES string of the molecule is CCC(CC)N(CCN)CCCC1CCCO1. The van der Waals surface area contributed by atoms with Gasteiger partial charge in [0.25, 0.3) is 0 Å². The van der Waals surface area contributed by atoms with Crippen LogP contribution in [0, 0.1) is 0 Å². The van der Waals surface area contributed by atoms with E-state index in [9.17, 15) is 0 Å². The molecule has 1 aliphatic rings. The highest BCUT2D eigenvalue weighted by atomic mass is 16.5. The van der Waals surface area contributed by atoms with Crippen molar-refractivity contribution in [2.45, 2.75) is 64.5 Å². The molecule has 17 heavy (non-hydrogen) atoms. The quantitative estimate of drug-likeness (QED) is 0.675. The Morgan fingerprint density at radius 2 is 2.06 bits per heavy atom. The van der Waals surface area contributed by atoms with Crippen LogP contribution in [0.15, 0.2) is 0 Å². The van der Waals surface area contributed by atoms with Crippen LogP contribution in [0.25, 0.3) is 0 Å². The van der Waals surface area contributed by atoms with Crippen LogP contribution in [-0.4, -0.2) is 43.3 Å². The Labute approximate surface area is 107 Å². The van der Waals surface area contributed by atoms with Gasteiger partial charge in [0.15, 0.2) is 0 Å². The van der Waals surface area contributed by atoms with Gasteiger partial charge in [0.05, 0.1) is 6.10 Å². The molecule has 0 spiro atoms. The van der Waals surface area contributed by atoms with Crippen molar-refractivity contribution in [2.24, 2.45) is 5.73 Å². The van der Waals surface area contributed by atoms with E-state index >= 15 is 0 Å². The van der Waals surface area contributed by atoms with Gasteiger partial charge >= 0.3 is 0 Å². The van der Waals surface area contributed by atoms with Crippen LogP contribution in [0.4, 0.5) is 0 Å². The molecule has 1 saturated heterocycles. The van der Waals surface area contributed by atoms with E-state index in [0.717, 1.165) is 19.7 Å². The lowest BCUT2D eigenvalue weighted by molar-refractivity contribution is 0.0954. The van der Waals surface area contributed by atoms with Gasteiger partial charge in [0.2, 0.25) is 0 Å². The molecular weight excluding hydrogens is 212 g/mol. The second kappa shape index (κ2) is 8.90. The van der Waals surface area contributed by atoms with Crippen LogP contribution in [0.5, 0.6) is 0 Å². The summed E-state index contributed by atoms with van der Waals surface area (Å²) in [5.41, 5.74) is 5.70. The number of nitrogens with zero attached hydrogens (tertiary/aromatic N) is 1. The lowest BCUT2D eigenvalue weighted by atomic mass is 10.1. The van der Waals surface area contributed by atoms with Crippen LogP contribution in [0.3, 0.4) is 0 Å². The fourth-order valence-corrected chi connectivity index (χ4v) is 2.84. The third-order valence-electron chi connectivity index (χ3n) is 3.87. The highest BCUT2D eigenvalue weighted by molar-refractivity contribution is 4.71. The van der Waals surface area contributed by atoms with Gasteiger partial charge in [-0.25, -0.2) is 0 Å². The Hall–Kier alpha value is -0.120. The molecule has 1 heterocycles. The first-order valence-corrected chi connectivity index (χ1v) is 7.37. The van der Waals surface area contributed by atoms with Crippen LogP contribution in [-0.2, 0) is 4.74 Å². The van der Waals surface area contributed by atoms with Crippen molar-refractivity contribution in [3.63, 3.8) is 0 Å². The van der Waals surface area contributed by atoms with Gasteiger partial charge in [0, 0.05) is 25.7 Å². The molecule has 0 radical (unpaired) electrons. The van der Waals surface area contributed by atoms with Gasteiger partial charge in [-0.1, -0.05) is 13.8 Å². The summed E-state index contributed by atoms with van der Waals surface area (Å²) in [6, 6.07) is 0.711. The average Bonchev–Trinajstić information content (AvgIpc) is 2.83. The van der Waals surface area contributed by atoms with Crippen LogP contribution < -0.4 is 5.73 Å². The molecule has 0 aliphatic carbocycles. The van der Waals surface area contributed by atoms with Crippen molar-refractivity contribution in [2.75, 3.05) is 26.2 Å². The third-order valence-corrected chi connectivity index (χ3v) is 3.87. The minimum absolute atomic E-state index is 0.538. The van der Waals surface area contributed by atoms with E-state index in [-0.39, 0.29) is 0 Å². The number of nitrogens with two attached hydrogens (primary N) is 1. The molecule has 1 fully saturated rings. The second-order valence-corrected chi connectivity index (χ2v) is 5.07. The maximum absolute atomic E-state index is 5.70.